The van der Waals surface area contributed by atoms with Crippen molar-refractivity contribution in [1.82, 2.24) is 0 Å². The Labute approximate surface area is 121 Å². The van der Waals surface area contributed by atoms with Gasteiger partial charge < -0.3 is 9.47 Å². The van der Waals surface area contributed by atoms with Crippen molar-refractivity contribution in [3.05, 3.63) is 41.5 Å². The maximum Gasteiger partial charge on any atom is 0.124 e. The smallest absolute Gasteiger partial charge is 0.124 e. The molecule has 2 aliphatic rings. The van der Waals surface area contributed by atoms with Crippen molar-refractivity contribution >= 4 is 0 Å². The van der Waals surface area contributed by atoms with Gasteiger partial charge in [0.1, 0.15) is 5.75 Å². The van der Waals surface area contributed by atoms with Gasteiger partial charge in [-0.05, 0) is 30.7 Å². The lowest BCUT2D eigenvalue weighted by atomic mass is 9.64. The number of fused-ring (bicyclic) bond motifs is 2. The molecule has 20 heavy (non-hydrogen) atoms. The van der Waals surface area contributed by atoms with Crippen LogP contribution in [0.3, 0.4) is 0 Å². The predicted octanol–water partition coefficient (Wildman–Crippen LogP) is 4.23. The van der Waals surface area contributed by atoms with Gasteiger partial charge in [-0.15, -0.1) is 0 Å². The Hall–Kier alpha value is -1.28. The molecule has 0 aromatic heterocycles. The van der Waals surface area contributed by atoms with Crippen LogP contribution < -0.4 is 4.74 Å². The van der Waals surface area contributed by atoms with E-state index in [0.717, 1.165) is 12.4 Å². The lowest BCUT2D eigenvalue weighted by molar-refractivity contribution is -0.0941. The first-order valence-electron chi connectivity index (χ1n) is 7.56. The van der Waals surface area contributed by atoms with Crippen LogP contribution in [-0.2, 0) is 4.74 Å². The summed E-state index contributed by atoms with van der Waals surface area (Å²) in [7, 11) is 1.74. The molecule has 0 spiro atoms. The van der Waals surface area contributed by atoms with Gasteiger partial charge in [0, 0.05) is 11.5 Å². The summed E-state index contributed by atoms with van der Waals surface area (Å²) in [6, 6.07) is 8.26. The van der Waals surface area contributed by atoms with E-state index in [1.807, 2.05) is 12.1 Å². The normalized spacial score (nSPS) is 36.4. The molecular weight excluding hydrogens is 248 g/mol. The van der Waals surface area contributed by atoms with Crippen LogP contribution in [0.4, 0.5) is 0 Å². The number of hydrogen-bond donors (Lipinski definition) is 0. The highest BCUT2D eigenvalue weighted by atomic mass is 16.5. The molecule has 1 saturated heterocycles. The van der Waals surface area contributed by atoms with E-state index in [1.165, 1.54) is 11.1 Å². The van der Waals surface area contributed by atoms with Gasteiger partial charge in [-0.25, -0.2) is 0 Å². The van der Waals surface area contributed by atoms with Crippen LogP contribution in [0.25, 0.3) is 0 Å². The van der Waals surface area contributed by atoms with E-state index in [-0.39, 0.29) is 6.10 Å². The Morgan fingerprint density at radius 3 is 2.70 bits per heavy atom. The molecule has 1 aliphatic heterocycles. The molecule has 1 aliphatic carbocycles. The average Bonchev–Trinajstić information content (AvgIpc) is 2.44. The van der Waals surface area contributed by atoms with E-state index in [1.54, 1.807) is 7.11 Å². The fraction of sp³-hybridized carbons (Fsp3) is 0.556. The van der Waals surface area contributed by atoms with E-state index >= 15 is 0 Å². The molecule has 1 aromatic carbocycles. The van der Waals surface area contributed by atoms with Gasteiger partial charge in [-0.3, -0.25) is 0 Å². The molecule has 0 radical (unpaired) electrons. The lowest BCUT2D eigenvalue weighted by Crippen LogP contribution is -2.42. The number of allylic oxidation sites excluding steroid dienone is 1. The van der Waals surface area contributed by atoms with Crippen LogP contribution >= 0.6 is 0 Å². The number of rotatable bonds is 2. The van der Waals surface area contributed by atoms with Crippen LogP contribution in [0, 0.1) is 23.7 Å². The standard InChI is InChI=1S/C18H24O2/c1-11-9-12(2)17-13(3)15(11)10-20-18(17)14-7-5-6-8-16(14)19-4/h5-9,11,13,15,17-18H,10H2,1-4H3/t11-,13+,15-,17+,18-/m1/s1. The maximum atomic E-state index is 6.26. The summed E-state index contributed by atoms with van der Waals surface area (Å²) in [5, 5.41) is 0. The van der Waals surface area contributed by atoms with Crippen LogP contribution in [0.5, 0.6) is 5.75 Å². The predicted molar refractivity (Wildman–Crippen MR) is 80.8 cm³/mol. The first-order chi connectivity index (χ1) is 9.63. The average molecular weight is 272 g/mol. The molecule has 2 nitrogen and oxygen atoms in total. The fourth-order valence-corrected chi connectivity index (χ4v) is 4.13. The zero-order valence-electron chi connectivity index (χ0n) is 12.8. The molecule has 108 valence electrons. The second kappa shape index (κ2) is 5.25. The van der Waals surface area contributed by atoms with Gasteiger partial charge in [0.15, 0.2) is 0 Å². The van der Waals surface area contributed by atoms with Gasteiger partial charge in [0.25, 0.3) is 0 Å². The van der Waals surface area contributed by atoms with Gasteiger partial charge in [0.2, 0.25) is 0 Å². The Kier molecular flexibility index (Phi) is 3.59. The molecule has 2 heteroatoms. The molecule has 3 rings (SSSR count). The Morgan fingerprint density at radius 1 is 1.20 bits per heavy atom. The minimum atomic E-state index is 0.126. The topological polar surface area (TPSA) is 18.5 Å². The van der Waals surface area contributed by atoms with E-state index in [2.05, 4.69) is 39.0 Å². The number of methoxy groups -OCH3 is 1. The van der Waals surface area contributed by atoms with Gasteiger partial charge in [0.05, 0.1) is 19.8 Å². The number of ether oxygens (including phenoxy) is 2. The minimum Gasteiger partial charge on any atom is -0.496 e. The Bertz CT molecular complexity index is 520. The van der Waals surface area contributed by atoms with E-state index in [4.69, 9.17) is 9.47 Å². The first kappa shape index (κ1) is 13.7. The van der Waals surface area contributed by atoms with Gasteiger partial charge in [-0.2, -0.15) is 0 Å². The second-order valence-electron chi connectivity index (χ2n) is 6.31. The summed E-state index contributed by atoms with van der Waals surface area (Å²) >= 11 is 0. The fourth-order valence-electron chi connectivity index (χ4n) is 4.13. The Morgan fingerprint density at radius 2 is 1.95 bits per heavy atom. The van der Waals surface area contributed by atoms with E-state index in [9.17, 15) is 0 Å². The van der Waals surface area contributed by atoms with Crippen LogP contribution in [0.15, 0.2) is 35.9 Å². The third-order valence-electron chi connectivity index (χ3n) is 5.21. The molecule has 5 atom stereocenters. The zero-order valence-corrected chi connectivity index (χ0v) is 12.8. The lowest BCUT2D eigenvalue weighted by Gasteiger charge is -2.47. The molecular formula is C18H24O2. The van der Waals surface area contributed by atoms with Crippen molar-refractivity contribution in [3.8, 4) is 5.75 Å². The third-order valence-corrected chi connectivity index (χ3v) is 5.21. The highest BCUT2D eigenvalue weighted by molar-refractivity contribution is 5.37. The summed E-state index contributed by atoms with van der Waals surface area (Å²) in [5.74, 6) is 3.35. The summed E-state index contributed by atoms with van der Waals surface area (Å²) in [6.07, 6.45) is 2.57. The maximum absolute atomic E-state index is 6.26. The van der Waals surface area contributed by atoms with Crippen molar-refractivity contribution in [2.24, 2.45) is 23.7 Å². The minimum absolute atomic E-state index is 0.126. The molecule has 0 saturated carbocycles. The van der Waals surface area contributed by atoms with Crippen LogP contribution in [0.1, 0.15) is 32.4 Å². The second-order valence-corrected chi connectivity index (χ2v) is 6.31. The highest BCUT2D eigenvalue weighted by Crippen LogP contribution is 2.50. The van der Waals surface area contributed by atoms with Crippen LogP contribution in [0.2, 0.25) is 0 Å². The molecule has 1 aromatic rings. The van der Waals surface area contributed by atoms with Crippen molar-refractivity contribution in [2.75, 3.05) is 13.7 Å². The number of para-hydroxylation sites is 1. The van der Waals surface area contributed by atoms with Gasteiger partial charge >= 0.3 is 0 Å². The van der Waals surface area contributed by atoms with E-state index < -0.39 is 0 Å². The largest absolute Gasteiger partial charge is 0.496 e. The van der Waals surface area contributed by atoms with Crippen molar-refractivity contribution in [1.29, 1.82) is 0 Å². The number of hydrogen-bond acceptors (Lipinski definition) is 2. The molecule has 0 amide bonds. The number of benzene rings is 1. The van der Waals surface area contributed by atoms with Gasteiger partial charge in [-0.1, -0.05) is 43.7 Å². The first-order valence-corrected chi connectivity index (χ1v) is 7.56. The van der Waals surface area contributed by atoms with Crippen LogP contribution in [-0.4, -0.2) is 13.7 Å². The SMILES string of the molecule is COc1ccccc1[C@H]1OC[C@H]2[C@H](C)[C@@H]1C(C)=C[C@H]2C. The molecule has 1 heterocycles. The van der Waals surface area contributed by atoms with Crippen molar-refractivity contribution in [3.63, 3.8) is 0 Å². The molecule has 2 bridgehead atoms. The monoisotopic (exact) mass is 272 g/mol. The van der Waals surface area contributed by atoms with Crippen molar-refractivity contribution in [2.45, 2.75) is 26.9 Å². The molecule has 0 unspecified atom stereocenters. The quantitative estimate of drug-likeness (QED) is 0.750. The van der Waals surface area contributed by atoms with E-state index in [0.29, 0.717) is 23.7 Å². The summed E-state index contributed by atoms with van der Waals surface area (Å²) in [5.41, 5.74) is 2.66. The zero-order chi connectivity index (χ0) is 14.3. The summed E-state index contributed by atoms with van der Waals surface area (Å²) in [6.45, 7) is 7.80. The molecule has 0 N–H and O–H groups in total. The highest BCUT2D eigenvalue weighted by Gasteiger charge is 2.44. The summed E-state index contributed by atoms with van der Waals surface area (Å²) < 4.78 is 11.8. The molecule has 1 fully saturated rings. The summed E-state index contributed by atoms with van der Waals surface area (Å²) in [4.78, 5) is 0. The van der Waals surface area contributed by atoms with Crippen molar-refractivity contribution < 1.29 is 9.47 Å². The Balaban J connectivity index is 2.01. The third kappa shape index (κ3) is 2.07.